The van der Waals surface area contributed by atoms with Gasteiger partial charge in [-0.2, -0.15) is 0 Å². The Labute approximate surface area is 158 Å². The van der Waals surface area contributed by atoms with Crippen molar-refractivity contribution in [2.75, 3.05) is 0 Å². The summed E-state index contributed by atoms with van der Waals surface area (Å²) in [7, 11) is 0. The largest absolute Gasteiger partial charge is 0.486 e. The van der Waals surface area contributed by atoms with Crippen LogP contribution in [0.1, 0.15) is 21.1 Å². The van der Waals surface area contributed by atoms with E-state index in [4.69, 9.17) is 9.47 Å². The molecule has 0 aliphatic rings. The zero-order valence-electron chi connectivity index (χ0n) is 14.1. The quantitative estimate of drug-likeness (QED) is 0.491. The monoisotopic (exact) mass is 382 g/mol. The summed E-state index contributed by atoms with van der Waals surface area (Å²) in [5, 5.41) is 3.40. The summed E-state index contributed by atoms with van der Waals surface area (Å²) in [6.07, 6.45) is 1.65. The summed E-state index contributed by atoms with van der Waals surface area (Å²) in [5.41, 5.74) is 2.05. The minimum atomic E-state index is -0.399. The molecule has 136 valence electrons. The number of fused-ring (bicyclic) bond motifs is 1. The number of para-hydroxylation sites is 1. The van der Waals surface area contributed by atoms with Crippen LogP contribution >= 0.6 is 11.3 Å². The zero-order chi connectivity index (χ0) is 18.6. The molecule has 0 fully saturated rings. The van der Waals surface area contributed by atoms with E-state index in [2.05, 4.69) is 9.97 Å². The number of carbonyl (C=O) groups is 1. The van der Waals surface area contributed by atoms with Crippen molar-refractivity contribution < 1.29 is 18.7 Å². The van der Waals surface area contributed by atoms with Crippen LogP contribution in [0.2, 0.25) is 0 Å². The van der Waals surface area contributed by atoms with Gasteiger partial charge < -0.3 is 14.5 Å². The van der Waals surface area contributed by atoms with Crippen molar-refractivity contribution in [3.8, 4) is 5.75 Å². The van der Waals surface area contributed by atoms with Gasteiger partial charge >= 0.3 is 5.97 Å². The summed E-state index contributed by atoms with van der Waals surface area (Å²) in [5.74, 6) is -0.139. The molecule has 0 saturated heterocycles. The fourth-order valence-corrected chi connectivity index (χ4v) is 3.30. The van der Waals surface area contributed by atoms with Gasteiger partial charge in [0.05, 0.1) is 11.3 Å². The Balaban J connectivity index is 1.34. The number of nitrogens with zero attached hydrogens (tertiary/aromatic N) is 1. The molecule has 2 heterocycles. The molecular formula is C20H15FN2O3S. The van der Waals surface area contributed by atoms with E-state index >= 15 is 0 Å². The van der Waals surface area contributed by atoms with Crippen LogP contribution in [0.4, 0.5) is 4.39 Å². The number of aromatic nitrogens is 2. The van der Waals surface area contributed by atoms with Crippen LogP contribution in [-0.4, -0.2) is 15.9 Å². The number of aromatic amines is 1. The van der Waals surface area contributed by atoms with E-state index in [9.17, 15) is 9.18 Å². The molecule has 7 heteroatoms. The fraction of sp³-hybridized carbons (Fsp3) is 0.100. The third kappa shape index (κ3) is 3.98. The smallest absolute Gasteiger partial charge is 0.340 e. The Bertz CT molecular complexity index is 1070. The van der Waals surface area contributed by atoms with E-state index in [1.54, 1.807) is 18.3 Å². The van der Waals surface area contributed by atoms with Crippen molar-refractivity contribution in [2.45, 2.75) is 13.2 Å². The zero-order valence-corrected chi connectivity index (χ0v) is 15.0. The Kier molecular flexibility index (Phi) is 4.84. The SMILES string of the molecule is O=C(OCc1csc(COc2ccc(F)cc2)n1)c1c[nH]c2ccccc12. The first kappa shape index (κ1) is 17.2. The number of benzene rings is 2. The number of ether oxygens (including phenoxy) is 2. The van der Waals surface area contributed by atoms with Gasteiger partial charge in [0.2, 0.25) is 0 Å². The molecule has 4 rings (SSSR count). The van der Waals surface area contributed by atoms with Gasteiger partial charge in [-0.1, -0.05) is 18.2 Å². The molecule has 5 nitrogen and oxygen atoms in total. The molecule has 0 amide bonds. The lowest BCUT2D eigenvalue weighted by molar-refractivity contribution is 0.0470. The number of thiazole rings is 1. The van der Waals surface area contributed by atoms with Crippen LogP contribution in [0.3, 0.4) is 0 Å². The summed E-state index contributed by atoms with van der Waals surface area (Å²) >= 11 is 1.42. The number of halogens is 1. The molecular weight excluding hydrogens is 367 g/mol. The fourth-order valence-electron chi connectivity index (χ4n) is 2.62. The molecule has 0 atom stereocenters. The highest BCUT2D eigenvalue weighted by atomic mass is 32.1. The predicted molar refractivity (Wildman–Crippen MR) is 100 cm³/mol. The second-order valence-corrected chi connectivity index (χ2v) is 6.74. The highest BCUT2D eigenvalue weighted by molar-refractivity contribution is 7.09. The number of rotatable bonds is 6. The second kappa shape index (κ2) is 7.59. The van der Waals surface area contributed by atoms with Gasteiger partial charge in [0.15, 0.2) is 0 Å². The molecule has 2 aromatic heterocycles. The lowest BCUT2D eigenvalue weighted by Gasteiger charge is -2.03. The normalized spacial score (nSPS) is 10.9. The standard InChI is InChI=1S/C20H15FN2O3S/c21-13-5-7-15(8-6-13)25-11-19-23-14(12-27-19)10-26-20(24)17-9-22-18-4-2-1-3-16(17)18/h1-9,12,22H,10-11H2. The summed E-state index contributed by atoms with van der Waals surface area (Å²) in [4.78, 5) is 19.8. The maximum Gasteiger partial charge on any atom is 0.340 e. The molecule has 0 radical (unpaired) electrons. The predicted octanol–water partition coefficient (Wildman–Crippen LogP) is 4.70. The first-order valence-corrected chi connectivity index (χ1v) is 9.12. The number of nitrogens with one attached hydrogen (secondary N) is 1. The molecule has 0 spiro atoms. The Hall–Kier alpha value is -3.19. The lowest BCUT2D eigenvalue weighted by atomic mass is 10.2. The molecule has 27 heavy (non-hydrogen) atoms. The number of carbonyl (C=O) groups excluding carboxylic acids is 1. The first-order chi connectivity index (χ1) is 13.2. The average Bonchev–Trinajstić information content (AvgIpc) is 3.32. The van der Waals surface area contributed by atoms with Crippen LogP contribution in [0, 0.1) is 5.82 Å². The van der Waals surface area contributed by atoms with Crippen molar-refractivity contribution in [1.29, 1.82) is 0 Å². The first-order valence-electron chi connectivity index (χ1n) is 8.24. The van der Waals surface area contributed by atoms with Gasteiger partial charge in [-0.15, -0.1) is 11.3 Å². The van der Waals surface area contributed by atoms with Crippen molar-refractivity contribution in [3.05, 3.63) is 82.2 Å². The Morgan fingerprint density at radius 1 is 1.11 bits per heavy atom. The maximum absolute atomic E-state index is 12.9. The van der Waals surface area contributed by atoms with Crippen LogP contribution in [0.15, 0.2) is 60.1 Å². The lowest BCUT2D eigenvalue weighted by Crippen LogP contribution is -2.05. The van der Waals surface area contributed by atoms with E-state index in [-0.39, 0.29) is 19.0 Å². The second-order valence-electron chi connectivity index (χ2n) is 5.80. The van der Waals surface area contributed by atoms with E-state index < -0.39 is 5.97 Å². The number of H-pyrrole nitrogens is 1. The van der Waals surface area contributed by atoms with Crippen molar-refractivity contribution >= 4 is 28.2 Å². The minimum absolute atomic E-state index is 0.0887. The molecule has 4 aromatic rings. The molecule has 0 aliphatic carbocycles. The van der Waals surface area contributed by atoms with Crippen LogP contribution < -0.4 is 4.74 Å². The molecule has 0 aliphatic heterocycles. The molecule has 0 saturated carbocycles. The Morgan fingerprint density at radius 3 is 2.78 bits per heavy atom. The van der Waals surface area contributed by atoms with Gasteiger partial charge in [-0.3, -0.25) is 0 Å². The Morgan fingerprint density at radius 2 is 1.93 bits per heavy atom. The van der Waals surface area contributed by atoms with E-state index in [1.807, 2.05) is 29.6 Å². The minimum Gasteiger partial charge on any atom is -0.486 e. The van der Waals surface area contributed by atoms with Crippen LogP contribution in [-0.2, 0) is 18.0 Å². The van der Waals surface area contributed by atoms with E-state index in [0.717, 1.165) is 15.9 Å². The third-order valence-corrected chi connectivity index (χ3v) is 4.81. The number of hydrogen-bond acceptors (Lipinski definition) is 5. The highest BCUT2D eigenvalue weighted by Crippen LogP contribution is 2.20. The average molecular weight is 382 g/mol. The van der Waals surface area contributed by atoms with Crippen molar-refractivity contribution in [2.24, 2.45) is 0 Å². The number of esters is 1. The van der Waals surface area contributed by atoms with Gasteiger partial charge in [0.1, 0.15) is 29.8 Å². The summed E-state index contributed by atoms with van der Waals surface area (Å²) in [6, 6.07) is 13.4. The van der Waals surface area contributed by atoms with Crippen molar-refractivity contribution in [3.63, 3.8) is 0 Å². The summed E-state index contributed by atoms with van der Waals surface area (Å²) < 4.78 is 23.8. The van der Waals surface area contributed by atoms with E-state index in [1.165, 1.54) is 23.5 Å². The molecule has 1 N–H and O–H groups in total. The summed E-state index contributed by atoms with van der Waals surface area (Å²) in [6.45, 7) is 0.359. The number of hydrogen-bond donors (Lipinski definition) is 1. The van der Waals surface area contributed by atoms with E-state index in [0.29, 0.717) is 17.0 Å². The van der Waals surface area contributed by atoms with Crippen molar-refractivity contribution in [1.82, 2.24) is 9.97 Å². The van der Waals surface area contributed by atoms with Gasteiger partial charge in [-0.25, -0.2) is 14.2 Å². The van der Waals surface area contributed by atoms with Crippen LogP contribution in [0.5, 0.6) is 5.75 Å². The van der Waals surface area contributed by atoms with Crippen LogP contribution in [0.25, 0.3) is 10.9 Å². The van der Waals surface area contributed by atoms with Gasteiger partial charge in [-0.05, 0) is 30.3 Å². The molecule has 0 unspecified atom stereocenters. The molecule has 0 bridgehead atoms. The third-order valence-electron chi connectivity index (χ3n) is 3.94. The molecule has 2 aromatic carbocycles. The highest BCUT2D eigenvalue weighted by Gasteiger charge is 2.14. The van der Waals surface area contributed by atoms with Gasteiger partial charge in [0.25, 0.3) is 0 Å². The van der Waals surface area contributed by atoms with Gasteiger partial charge in [0, 0.05) is 22.5 Å². The topological polar surface area (TPSA) is 64.2 Å². The maximum atomic E-state index is 12.9.